The summed E-state index contributed by atoms with van der Waals surface area (Å²) in [5.41, 5.74) is 6.72. The van der Waals surface area contributed by atoms with Crippen LogP contribution in [0.5, 0.6) is 0 Å². The lowest BCUT2D eigenvalue weighted by Crippen LogP contribution is -2.64. The summed E-state index contributed by atoms with van der Waals surface area (Å²) >= 11 is 0. The standard InChI is InChI=1S/C17H31N3/c18-13-17(7-10-19-8-6-16(17)12-19)20-9-5-14-3-1-2-4-15(14)11-20/h14-16H,1-13,18H2. The third-order valence-corrected chi connectivity index (χ3v) is 7.17. The van der Waals surface area contributed by atoms with Gasteiger partial charge in [0.2, 0.25) is 0 Å². The number of fused-ring (bicyclic) bond motifs is 3. The van der Waals surface area contributed by atoms with Crippen LogP contribution in [-0.2, 0) is 0 Å². The Bertz CT molecular complexity index is 358. The van der Waals surface area contributed by atoms with E-state index in [1.54, 1.807) is 0 Å². The van der Waals surface area contributed by atoms with Crippen molar-refractivity contribution in [3.8, 4) is 0 Å². The maximum atomic E-state index is 6.36. The minimum Gasteiger partial charge on any atom is -0.329 e. The first-order chi connectivity index (χ1) is 9.82. The minimum atomic E-state index is 0.357. The van der Waals surface area contributed by atoms with E-state index in [1.807, 2.05) is 0 Å². The summed E-state index contributed by atoms with van der Waals surface area (Å²) in [5.74, 6) is 2.88. The van der Waals surface area contributed by atoms with E-state index < -0.39 is 0 Å². The molecule has 4 fully saturated rings. The SMILES string of the molecule is NCC1(N2CCC3CCCCC3C2)CCN2CCC1C2. The highest BCUT2D eigenvalue weighted by Gasteiger charge is 2.50. The molecule has 0 aromatic heterocycles. The van der Waals surface area contributed by atoms with Gasteiger partial charge >= 0.3 is 0 Å². The molecule has 5 atom stereocenters. The second-order valence-electron chi connectivity index (χ2n) is 7.88. The van der Waals surface area contributed by atoms with Gasteiger partial charge in [0.05, 0.1) is 0 Å². The van der Waals surface area contributed by atoms with E-state index in [9.17, 15) is 0 Å². The van der Waals surface area contributed by atoms with Gasteiger partial charge in [-0.25, -0.2) is 0 Å². The van der Waals surface area contributed by atoms with Gasteiger partial charge in [0.25, 0.3) is 0 Å². The fourth-order valence-electron chi connectivity index (χ4n) is 5.85. The molecule has 3 heteroatoms. The van der Waals surface area contributed by atoms with Gasteiger partial charge in [0.1, 0.15) is 0 Å². The van der Waals surface area contributed by atoms with Crippen LogP contribution in [-0.4, -0.2) is 54.6 Å². The zero-order valence-electron chi connectivity index (χ0n) is 12.9. The van der Waals surface area contributed by atoms with E-state index in [2.05, 4.69) is 9.80 Å². The zero-order chi connectivity index (χ0) is 13.6. The van der Waals surface area contributed by atoms with Crippen LogP contribution in [0.2, 0.25) is 0 Å². The van der Waals surface area contributed by atoms with Gasteiger partial charge in [0, 0.05) is 25.2 Å². The summed E-state index contributed by atoms with van der Waals surface area (Å²) in [6.45, 7) is 7.52. The zero-order valence-corrected chi connectivity index (χ0v) is 12.9. The van der Waals surface area contributed by atoms with Gasteiger partial charge in [-0.15, -0.1) is 0 Å². The summed E-state index contributed by atoms with van der Waals surface area (Å²) in [7, 11) is 0. The summed E-state index contributed by atoms with van der Waals surface area (Å²) in [6.07, 6.45) is 10.1. The van der Waals surface area contributed by atoms with E-state index >= 15 is 0 Å². The van der Waals surface area contributed by atoms with Crippen molar-refractivity contribution in [2.24, 2.45) is 23.5 Å². The highest BCUT2D eigenvalue weighted by Crippen LogP contribution is 2.44. The van der Waals surface area contributed by atoms with Crippen LogP contribution in [0.15, 0.2) is 0 Å². The van der Waals surface area contributed by atoms with Crippen molar-refractivity contribution < 1.29 is 0 Å². The molecule has 3 saturated heterocycles. The molecule has 4 rings (SSSR count). The fraction of sp³-hybridized carbons (Fsp3) is 1.00. The minimum absolute atomic E-state index is 0.357. The van der Waals surface area contributed by atoms with Gasteiger partial charge in [-0.05, 0) is 63.1 Å². The van der Waals surface area contributed by atoms with Gasteiger partial charge in [-0.3, -0.25) is 4.90 Å². The van der Waals surface area contributed by atoms with Crippen LogP contribution in [0.1, 0.15) is 44.9 Å². The smallest absolute Gasteiger partial charge is 0.0384 e. The van der Waals surface area contributed by atoms with Gasteiger partial charge in [0.15, 0.2) is 0 Å². The maximum Gasteiger partial charge on any atom is 0.0384 e. The largest absolute Gasteiger partial charge is 0.329 e. The van der Waals surface area contributed by atoms with E-state index in [0.29, 0.717) is 5.54 Å². The summed E-state index contributed by atoms with van der Waals surface area (Å²) in [5, 5.41) is 0. The van der Waals surface area contributed by atoms with Crippen LogP contribution in [0.3, 0.4) is 0 Å². The van der Waals surface area contributed by atoms with Gasteiger partial charge < -0.3 is 10.6 Å². The van der Waals surface area contributed by atoms with Gasteiger partial charge in [-0.2, -0.15) is 0 Å². The predicted octanol–water partition coefficient (Wildman–Crippen LogP) is 1.92. The quantitative estimate of drug-likeness (QED) is 0.837. The van der Waals surface area contributed by atoms with Crippen LogP contribution < -0.4 is 5.73 Å². The topological polar surface area (TPSA) is 32.5 Å². The van der Waals surface area contributed by atoms with Crippen molar-refractivity contribution in [2.75, 3.05) is 39.3 Å². The number of hydrogen-bond acceptors (Lipinski definition) is 3. The number of piperidine rings is 2. The lowest BCUT2D eigenvalue weighted by Gasteiger charge is -2.54. The average Bonchev–Trinajstić information content (AvgIpc) is 2.91. The Morgan fingerprint density at radius 1 is 0.900 bits per heavy atom. The Balaban J connectivity index is 1.52. The third kappa shape index (κ3) is 2.05. The second kappa shape index (κ2) is 5.26. The molecule has 4 aliphatic rings. The Labute approximate surface area is 123 Å². The van der Waals surface area contributed by atoms with Crippen molar-refractivity contribution >= 4 is 0 Å². The lowest BCUT2D eigenvalue weighted by molar-refractivity contribution is -0.0410. The molecule has 0 amide bonds. The molecule has 0 aromatic rings. The number of hydrogen-bond donors (Lipinski definition) is 1. The molecular formula is C17H31N3. The Hall–Kier alpha value is -0.120. The Morgan fingerprint density at radius 3 is 2.60 bits per heavy atom. The summed E-state index contributed by atoms with van der Waals surface area (Å²) in [6, 6.07) is 0. The normalized spacial score (nSPS) is 49.0. The van der Waals surface area contributed by atoms with E-state index in [1.165, 1.54) is 77.7 Å². The molecule has 1 aliphatic carbocycles. The summed E-state index contributed by atoms with van der Waals surface area (Å²) in [4.78, 5) is 5.53. The van der Waals surface area contributed by atoms with Crippen LogP contribution >= 0.6 is 0 Å². The van der Waals surface area contributed by atoms with Gasteiger partial charge in [-0.1, -0.05) is 19.3 Å². The molecule has 0 spiro atoms. The first kappa shape index (κ1) is 13.5. The van der Waals surface area contributed by atoms with E-state index in [-0.39, 0.29) is 0 Å². The van der Waals surface area contributed by atoms with Crippen LogP contribution in [0.4, 0.5) is 0 Å². The molecule has 114 valence electrons. The molecule has 0 radical (unpaired) electrons. The highest BCUT2D eigenvalue weighted by molar-refractivity contribution is 5.06. The second-order valence-corrected chi connectivity index (χ2v) is 7.88. The molecule has 2 N–H and O–H groups in total. The van der Waals surface area contributed by atoms with Crippen LogP contribution in [0.25, 0.3) is 0 Å². The molecule has 3 aliphatic heterocycles. The maximum absolute atomic E-state index is 6.36. The van der Waals surface area contributed by atoms with Crippen LogP contribution in [0, 0.1) is 17.8 Å². The van der Waals surface area contributed by atoms with Crippen molar-refractivity contribution in [3.63, 3.8) is 0 Å². The van der Waals surface area contributed by atoms with Crippen molar-refractivity contribution in [1.82, 2.24) is 9.80 Å². The van der Waals surface area contributed by atoms with E-state index in [4.69, 9.17) is 5.73 Å². The first-order valence-electron chi connectivity index (χ1n) is 8.99. The highest BCUT2D eigenvalue weighted by atomic mass is 15.3. The molecule has 1 saturated carbocycles. The molecule has 2 bridgehead atoms. The van der Waals surface area contributed by atoms with Crippen molar-refractivity contribution in [1.29, 1.82) is 0 Å². The molecule has 3 nitrogen and oxygen atoms in total. The molecule has 3 heterocycles. The average molecular weight is 277 g/mol. The molecule has 20 heavy (non-hydrogen) atoms. The Morgan fingerprint density at radius 2 is 1.75 bits per heavy atom. The lowest BCUT2D eigenvalue weighted by atomic mass is 9.71. The Kier molecular flexibility index (Phi) is 3.56. The van der Waals surface area contributed by atoms with Crippen molar-refractivity contribution in [2.45, 2.75) is 50.5 Å². The predicted molar refractivity (Wildman–Crippen MR) is 82.6 cm³/mol. The monoisotopic (exact) mass is 277 g/mol. The summed E-state index contributed by atoms with van der Waals surface area (Å²) < 4.78 is 0. The molecule has 5 unspecified atom stereocenters. The molecular weight excluding hydrogens is 246 g/mol. The number of nitrogens with zero attached hydrogens (tertiary/aromatic N) is 2. The third-order valence-electron chi connectivity index (χ3n) is 7.17. The molecule has 0 aromatic carbocycles. The fourth-order valence-corrected chi connectivity index (χ4v) is 5.85. The van der Waals surface area contributed by atoms with Crippen molar-refractivity contribution in [3.05, 3.63) is 0 Å². The number of nitrogens with two attached hydrogens (primary N) is 1. The number of likely N-dealkylation sites (tertiary alicyclic amines) is 1. The van der Waals surface area contributed by atoms with E-state index in [0.717, 1.165) is 24.3 Å². The number of rotatable bonds is 2. The first-order valence-corrected chi connectivity index (χ1v) is 8.99.